The summed E-state index contributed by atoms with van der Waals surface area (Å²) in [4.78, 5) is 25.1. The molecule has 0 spiro atoms. The Hall–Kier alpha value is -2.15. The molecule has 0 atom stereocenters. The zero-order valence-electron chi connectivity index (χ0n) is 11.1. The van der Waals surface area contributed by atoms with E-state index in [2.05, 4.69) is 6.07 Å². The van der Waals surface area contributed by atoms with Crippen LogP contribution in [0.15, 0.2) is 18.2 Å². The van der Waals surface area contributed by atoms with Crippen LogP contribution in [0, 0.1) is 24.2 Å². The summed E-state index contributed by atoms with van der Waals surface area (Å²) < 4.78 is 0. The summed E-state index contributed by atoms with van der Waals surface area (Å²) in [5, 5.41) is 8.82. The number of imide groups is 1. The number of hydrogen-bond acceptors (Lipinski definition) is 3. The highest BCUT2D eigenvalue weighted by Gasteiger charge is 2.30. The second-order valence-corrected chi connectivity index (χ2v) is 5.14. The molecule has 0 saturated carbocycles. The maximum Gasteiger partial charge on any atom is 0.229 e. The van der Waals surface area contributed by atoms with Gasteiger partial charge in [-0.05, 0) is 36.1 Å². The molecule has 0 aromatic heterocycles. The normalized spacial score (nSPS) is 16.6. The lowest BCUT2D eigenvalue weighted by Gasteiger charge is -2.28. The molecule has 4 heteroatoms. The van der Waals surface area contributed by atoms with Crippen LogP contribution in [-0.4, -0.2) is 16.7 Å². The van der Waals surface area contributed by atoms with E-state index in [4.69, 9.17) is 5.26 Å². The van der Waals surface area contributed by atoms with E-state index >= 15 is 0 Å². The molecule has 1 aromatic rings. The minimum Gasteiger partial charge on any atom is -0.278 e. The summed E-state index contributed by atoms with van der Waals surface area (Å²) in [7, 11) is 0. The zero-order chi connectivity index (χ0) is 14.0. The third-order valence-corrected chi connectivity index (χ3v) is 3.45. The number of benzene rings is 1. The molecule has 0 radical (unpaired) electrons. The van der Waals surface area contributed by atoms with Crippen molar-refractivity contribution in [3.63, 3.8) is 0 Å². The molecule has 0 aliphatic carbocycles. The highest BCUT2D eigenvalue weighted by atomic mass is 16.2. The lowest BCUT2D eigenvalue weighted by molar-refractivity contribution is -0.150. The summed E-state index contributed by atoms with van der Waals surface area (Å²) in [6.45, 7) is 4.11. The molecule has 98 valence electrons. The smallest absolute Gasteiger partial charge is 0.229 e. The van der Waals surface area contributed by atoms with Gasteiger partial charge >= 0.3 is 0 Å². The summed E-state index contributed by atoms with van der Waals surface area (Å²) >= 11 is 0. The number of carbonyl (C=O) groups excluding carboxylic acids is 2. The number of nitrogens with zero attached hydrogens (tertiary/aromatic N) is 2. The van der Waals surface area contributed by atoms with Crippen molar-refractivity contribution in [1.29, 1.82) is 5.26 Å². The van der Waals surface area contributed by atoms with Gasteiger partial charge in [0.15, 0.2) is 0 Å². The third-order valence-electron chi connectivity index (χ3n) is 3.45. The van der Waals surface area contributed by atoms with Gasteiger partial charge in [0.05, 0.1) is 18.2 Å². The summed E-state index contributed by atoms with van der Waals surface area (Å²) in [5.41, 5.74) is 2.43. The highest BCUT2D eigenvalue weighted by Crippen LogP contribution is 2.22. The Bertz CT molecular complexity index is 554. The largest absolute Gasteiger partial charge is 0.278 e. The zero-order valence-corrected chi connectivity index (χ0v) is 11.1. The van der Waals surface area contributed by atoms with E-state index in [1.807, 2.05) is 19.9 Å². The molecular weight excluding hydrogens is 240 g/mol. The topological polar surface area (TPSA) is 61.2 Å². The number of carbonyl (C=O) groups is 2. The second kappa shape index (κ2) is 5.23. The molecule has 2 rings (SSSR count). The van der Waals surface area contributed by atoms with E-state index in [9.17, 15) is 9.59 Å². The Balaban J connectivity index is 2.19. The fourth-order valence-corrected chi connectivity index (χ4v) is 2.32. The first-order valence-corrected chi connectivity index (χ1v) is 6.34. The lowest BCUT2D eigenvalue weighted by Crippen LogP contribution is -2.42. The third kappa shape index (κ3) is 2.82. The molecule has 2 amide bonds. The predicted octanol–water partition coefficient (Wildman–Crippen LogP) is 2.15. The van der Waals surface area contributed by atoms with Crippen LogP contribution >= 0.6 is 0 Å². The van der Waals surface area contributed by atoms with Crippen molar-refractivity contribution in [2.45, 2.75) is 33.2 Å². The number of amides is 2. The average Bonchev–Trinajstić information content (AvgIpc) is 2.35. The van der Waals surface area contributed by atoms with Crippen molar-refractivity contribution in [3.8, 4) is 6.07 Å². The van der Waals surface area contributed by atoms with Crippen molar-refractivity contribution in [2.75, 3.05) is 0 Å². The van der Waals surface area contributed by atoms with E-state index in [0.29, 0.717) is 24.9 Å². The van der Waals surface area contributed by atoms with Gasteiger partial charge in [0.1, 0.15) is 0 Å². The van der Waals surface area contributed by atoms with Gasteiger partial charge in [0.2, 0.25) is 11.8 Å². The van der Waals surface area contributed by atoms with E-state index in [-0.39, 0.29) is 17.7 Å². The Kier molecular flexibility index (Phi) is 3.66. The average molecular weight is 256 g/mol. The number of aryl methyl sites for hydroxylation is 1. The van der Waals surface area contributed by atoms with Gasteiger partial charge < -0.3 is 0 Å². The van der Waals surface area contributed by atoms with Gasteiger partial charge in [-0.25, -0.2) is 0 Å². The van der Waals surface area contributed by atoms with E-state index < -0.39 is 0 Å². The summed E-state index contributed by atoms with van der Waals surface area (Å²) in [5.74, 6) is -0.0710. The Morgan fingerprint density at radius 2 is 1.95 bits per heavy atom. The number of nitriles is 1. The van der Waals surface area contributed by atoms with Gasteiger partial charge in [-0.1, -0.05) is 13.0 Å². The van der Waals surface area contributed by atoms with Crippen LogP contribution in [0.2, 0.25) is 0 Å². The van der Waals surface area contributed by atoms with Gasteiger partial charge in [-0.2, -0.15) is 5.26 Å². The fraction of sp³-hybridized carbons (Fsp3) is 0.400. The van der Waals surface area contributed by atoms with Crippen LogP contribution in [0.4, 0.5) is 0 Å². The standard InChI is InChI=1S/C15H16N2O2/c1-10-5-14(18)17(15(19)6-10)9-13-4-3-12(8-16)7-11(13)2/h3-4,7,10H,5-6,9H2,1-2H3. The maximum atomic E-state index is 11.9. The van der Waals surface area contributed by atoms with Gasteiger partial charge in [-0.3, -0.25) is 14.5 Å². The summed E-state index contributed by atoms with van der Waals surface area (Å²) in [6, 6.07) is 7.37. The molecule has 0 N–H and O–H groups in total. The van der Waals surface area contributed by atoms with Crippen molar-refractivity contribution >= 4 is 11.8 Å². The molecule has 1 aliphatic rings. The number of rotatable bonds is 2. The Morgan fingerprint density at radius 3 is 2.47 bits per heavy atom. The van der Waals surface area contributed by atoms with Crippen LogP contribution in [0.3, 0.4) is 0 Å². The molecule has 1 aliphatic heterocycles. The Morgan fingerprint density at radius 1 is 1.32 bits per heavy atom. The minimum atomic E-state index is -0.104. The van der Waals surface area contributed by atoms with Gasteiger partial charge in [0, 0.05) is 12.8 Å². The monoisotopic (exact) mass is 256 g/mol. The maximum absolute atomic E-state index is 11.9. The van der Waals surface area contributed by atoms with Crippen LogP contribution in [0.25, 0.3) is 0 Å². The van der Waals surface area contributed by atoms with Crippen molar-refractivity contribution in [1.82, 2.24) is 4.90 Å². The van der Waals surface area contributed by atoms with Gasteiger partial charge in [-0.15, -0.1) is 0 Å². The lowest BCUT2D eigenvalue weighted by atomic mass is 9.96. The molecule has 1 fully saturated rings. The van der Waals surface area contributed by atoms with Crippen LogP contribution in [0.1, 0.15) is 36.5 Å². The minimum absolute atomic E-state index is 0.104. The predicted molar refractivity (Wildman–Crippen MR) is 69.8 cm³/mol. The molecular formula is C15H16N2O2. The van der Waals surface area contributed by atoms with E-state index in [1.165, 1.54) is 4.90 Å². The first-order chi connectivity index (χ1) is 9.01. The molecule has 1 saturated heterocycles. The van der Waals surface area contributed by atoms with E-state index in [1.54, 1.807) is 12.1 Å². The highest BCUT2D eigenvalue weighted by molar-refractivity contribution is 5.97. The van der Waals surface area contributed by atoms with Crippen LogP contribution in [0.5, 0.6) is 0 Å². The molecule has 1 heterocycles. The van der Waals surface area contributed by atoms with Crippen LogP contribution < -0.4 is 0 Å². The van der Waals surface area contributed by atoms with Crippen LogP contribution in [-0.2, 0) is 16.1 Å². The molecule has 4 nitrogen and oxygen atoms in total. The first kappa shape index (κ1) is 13.3. The first-order valence-electron chi connectivity index (χ1n) is 6.34. The number of piperidine rings is 1. The Labute approximate surface area is 112 Å². The van der Waals surface area contributed by atoms with E-state index in [0.717, 1.165) is 11.1 Å². The van der Waals surface area contributed by atoms with Gasteiger partial charge in [0.25, 0.3) is 0 Å². The summed E-state index contributed by atoms with van der Waals surface area (Å²) in [6.07, 6.45) is 0.863. The van der Waals surface area contributed by atoms with Crippen molar-refractivity contribution in [3.05, 3.63) is 34.9 Å². The quantitative estimate of drug-likeness (QED) is 0.762. The van der Waals surface area contributed by atoms with Crippen molar-refractivity contribution in [2.24, 2.45) is 5.92 Å². The fourth-order valence-electron chi connectivity index (χ4n) is 2.32. The SMILES string of the molecule is Cc1cc(C#N)ccc1CN1C(=O)CC(C)CC1=O. The molecule has 1 aromatic carbocycles. The second-order valence-electron chi connectivity index (χ2n) is 5.14. The number of likely N-dealkylation sites (tertiary alicyclic amines) is 1. The molecule has 19 heavy (non-hydrogen) atoms. The number of hydrogen-bond donors (Lipinski definition) is 0. The molecule has 0 bridgehead atoms. The molecule has 0 unspecified atom stereocenters. The van der Waals surface area contributed by atoms with Crippen molar-refractivity contribution < 1.29 is 9.59 Å².